The minimum atomic E-state index is 0.562. The molecule has 1 aromatic heterocycles. The summed E-state index contributed by atoms with van der Waals surface area (Å²) in [5.41, 5.74) is 0. The van der Waals surface area contributed by atoms with Crippen molar-refractivity contribution in [3.05, 3.63) is 17.9 Å². The Bertz CT molecular complexity index is 231. The zero-order valence-electron chi connectivity index (χ0n) is 5.44. The van der Waals surface area contributed by atoms with Crippen molar-refractivity contribution in [1.82, 2.24) is 0 Å². The fraction of sp³-hybridized carbons (Fsp3) is 0.167. The van der Waals surface area contributed by atoms with Gasteiger partial charge in [0, 0.05) is 0 Å². The third-order valence-electron chi connectivity index (χ3n) is 0.988. The minimum absolute atomic E-state index is 0.562. The summed E-state index contributed by atoms with van der Waals surface area (Å²) < 4.78 is 5.13. The topological polar surface area (TPSA) is 45.7 Å². The van der Waals surface area contributed by atoms with Crippen LogP contribution in [0.3, 0.4) is 0 Å². The molecule has 0 spiro atoms. The van der Waals surface area contributed by atoms with Crippen LogP contribution in [0.5, 0.6) is 0 Å². The van der Waals surface area contributed by atoms with E-state index in [1.54, 1.807) is 6.07 Å². The fourth-order valence-electron chi connectivity index (χ4n) is 0.570. The first-order valence-electron chi connectivity index (χ1n) is 2.68. The van der Waals surface area contributed by atoms with Gasteiger partial charge in [-0.05, 0) is 18.4 Å². The van der Waals surface area contributed by atoms with Gasteiger partial charge in [-0.25, -0.2) is 0 Å². The normalized spacial score (nSPS) is 10.9. The highest BCUT2D eigenvalue weighted by Crippen LogP contribution is 2.16. The van der Waals surface area contributed by atoms with Gasteiger partial charge in [0.15, 0.2) is 5.09 Å². The average molecular weight is 157 g/mol. The smallest absolute Gasteiger partial charge is 0.160 e. The van der Waals surface area contributed by atoms with Crippen molar-refractivity contribution in [2.75, 3.05) is 6.26 Å². The van der Waals surface area contributed by atoms with Crippen molar-refractivity contribution < 1.29 is 9.62 Å². The summed E-state index contributed by atoms with van der Waals surface area (Å²) >= 11 is 1.51. The Morgan fingerprint density at radius 3 is 3.00 bits per heavy atom. The van der Waals surface area contributed by atoms with E-state index in [1.807, 2.05) is 12.3 Å². The highest BCUT2D eigenvalue weighted by Gasteiger charge is 1.95. The maximum atomic E-state index is 8.10. The van der Waals surface area contributed by atoms with Crippen molar-refractivity contribution in [3.8, 4) is 0 Å². The Hall–Kier alpha value is -0.900. The third kappa shape index (κ3) is 1.54. The number of rotatable bonds is 2. The highest BCUT2D eigenvalue weighted by molar-refractivity contribution is 7.98. The summed E-state index contributed by atoms with van der Waals surface area (Å²) in [6.07, 6.45) is 3.17. The summed E-state index contributed by atoms with van der Waals surface area (Å²) in [5, 5.41) is 11.7. The van der Waals surface area contributed by atoms with Crippen molar-refractivity contribution in [2.45, 2.75) is 5.09 Å². The second-order valence-corrected chi connectivity index (χ2v) is 2.42. The third-order valence-corrected chi connectivity index (χ3v) is 1.61. The number of hydrogen-bond donors (Lipinski definition) is 1. The predicted octanol–water partition coefficient (Wildman–Crippen LogP) is 1.81. The second kappa shape index (κ2) is 3.31. The fourth-order valence-corrected chi connectivity index (χ4v) is 0.954. The lowest BCUT2D eigenvalue weighted by Gasteiger charge is -1.83. The Morgan fingerprint density at radius 2 is 2.50 bits per heavy atom. The molecule has 1 rings (SSSR count). The first kappa shape index (κ1) is 7.21. The first-order valence-corrected chi connectivity index (χ1v) is 3.90. The molecule has 0 aliphatic rings. The van der Waals surface area contributed by atoms with Crippen molar-refractivity contribution in [1.29, 1.82) is 0 Å². The zero-order chi connectivity index (χ0) is 7.40. The molecule has 0 bridgehead atoms. The maximum absolute atomic E-state index is 8.10. The highest BCUT2D eigenvalue weighted by atomic mass is 32.2. The molecule has 54 valence electrons. The van der Waals surface area contributed by atoms with Crippen LogP contribution in [-0.4, -0.2) is 17.7 Å². The Kier molecular flexibility index (Phi) is 2.39. The summed E-state index contributed by atoms with van der Waals surface area (Å²) in [6, 6.07) is 3.56. The summed E-state index contributed by atoms with van der Waals surface area (Å²) in [5.74, 6) is 0.562. The lowest BCUT2D eigenvalue weighted by atomic mass is 10.5. The molecule has 0 radical (unpaired) electrons. The monoisotopic (exact) mass is 157 g/mol. The van der Waals surface area contributed by atoms with Gasteiger partial charge in [-0.15, -0.1) is 0 Å². The van der Waals surface area contributed by atoms with Gasteiger partial charge >= 0.3 is 0 Å². The molecule has 0 saturated heterocycles. The van der Waals surface area contributed by atoms with E-state index in [4.69, 9.17) is 9.62 Å². The van der Waals surface area contributed by atoms with E-state index < -0.39 is 0 Å². The van der Waals surface area contributed by atoms with Crippen molar-refractivity contribution >= 4 is 18.0 Å². The number of oxime groups is 1. The van der Waals surface area contributed by atoms with Crippen LogP contribution >= 0.6 is 11.8 Å². The zero-order valence-corrected chi connectivity index (χ0v) is 6.26. The standard InChI is InChI=1S/C6H7NO2S/c1-10-6-3-2-5(9-6)4-7-8/h2-4,8H,1H3/b7-4+. The summed E-state index contributed by atoms with van der Waals surface area (Å²) in [7, 11) is 0. The lowest BCUT2D eigenvalue weighted by molar-refractivity contribution is 0.320. The molecular weight excluding hydrogens is 150 g/mol. The Balaban J connectivity index is 2.78. The molecule has 0 atom stereocenters. The van der Waals surface area contributed by atoms with E-state index in [9.17, 15) is 0 Å². The Morgan fingerprint density at radius 1 is 1.70 bits per heavy atom. The van der Waals surface area contributed by atoms with E-state index >= 15 is 0 Å². The molecule has 0 fully saturated rings. The van der Waals surface area contributed by atoms with Gasteiger partial charge in [0.2, 0.25) is 0 Å². The molecule has 0 saturated carbocycles. The van der Waals surface area contributed by atoms with Crippen LogP contribution < -0.4 is 0 Å². The molecule has 4 heteroatoms. The molecule has 0 unspecified atom stereocenters. The molecule has 10 heavy (non-hydrogen) atoms. The first-order chi connectivity index (χ1) is 4.86. The van der Waals surface area contributed by atoms with E-state index in [0.717, 1.165) is 5.09 Å². The van der Waals surface area contributed by atoms with Crippen molar-refractivity contribution in [2.24, 2.45) is 5.16 Å². The molecule has 0 amide bonds. The average Bonchev–Trinajstić information content (AvgIpc) is 2.37. The number of thioether (sulfide) groups is 1. The van der Waals surface area contributed by atoms with Gasteiger partial charge in [-0.1, -0.05) is 16.9 Å². The van der Waals surface area contributed by atoms with E-state index in [1.165, 1.54) is 18.0 Å². The maximum Gasteiger partial charge on any atom is 0.160 e. The van der Waals surface area contributed by atoms with Crippen LogP contribution in [0, 0.1) is 0 Å². The summed E-state index contributed by atoms with van der Waals surface area (Å²) in [4.78, 5) is 0. The molecular formula is C6H7NO2S. The molecule has 1 heterocycles. The van der Waals surface area contributed by atoms with Gasteiger partial charge in [0.25, 0.3) is 0 Å². The molecule has 0 aliphatic carbocycles. The van der Waals surface area contributed by atoms with Crippen LogP contribution in [0.2, 0.25) is 0 Å². The number of nitrogens with zero attached hydrogens (tertiary/aromatic N) is 1. The van der Waals surface area contributed by atoms with Crippen LogP contribution in [-0.2, 0) is 0 Å². The van der Waals surface area contributed by atoms with Crippen LogP contribution in [0.15, 0.2) is 26.8 Å². The van der Waals surface area contributed by atoms with Gasteiger partial charge in [0.1, 0.15) is 12.0 Å². The molecule has 1 N–H and O–H groups in total. The van der Waals surface area contributed by atoms with Gasteiger partial charge in [0.05, 0.1) is 0 Å². The van der Waals surface area contributed by atoms with E-state index in [2.05, 4.69) is 5.16 Å². The van der Waals surface area contributed by atoms with E-state index in [-0.39, 0.29) is 0 Å². The van der Waals surface area contributed by atoms with Gasteiger partial charge < -0.3 is 9.62 Å². The van der Waals surface area contributed by atoms with Crippen LogP contribution in [0.1, 0.15) is 5.76 Å². The molecule has 3 nitrogen and oxygen atoms in total. The lowest BCUT2D eigenvalue weighted by Crippen LogP contribution is -1.71. The SMILES string of the molecule is CSc1ccc(/C=N/O)o1. The second-order valence-electron chi connectivity index (χ2n) is 1.61. The van der Waals surface area contributed by atoms with Crippen molar-refractivity contribution in [3.63, 3.8) is 0 Å². The molecule has 0 aromatic carbocycles. The van der Waals surface area contributed by atoms with Gasteiger partial charge in [-0.2, -0.15) is 0 Å². The molecule has 1 aromatic rings. The molecule has 0 aliphatic heterocycles. The number of hydrogen-bond acceptors (Lipinski definition) is 4. The minimum Gasteiger partial charge on any atom is -0.449 e. The van der Waals surface area contributed by atoms with E-state index in [0.29, 0.717) is 5.76 Å². The predicted molar refractivity (Wildman–Crippen MR) is 39.9 cm³/mol. The van der Waals surface area contributed by atoms with Gasteiger partial charge in [-0.3, -0.25) is 0 Å². The van der Waals surface area contributed by atoms with Crippen LogP contribution in [0.25, 0.3) is 0 Å². The van der Waals surface area contributed by atoms with Crippen LogP contribution in [0.4, 0.5) is 0 Å². The number of furan rings is 1. The largest absolute Gasteiger partial charge is 0.449 e. The summed E-state index contributed by atoms with van der Waals surface area (Å²) in [6.45, 7) is 0. The quantitative estimate of drug-likeness (QED) is 0.308. The Labute approximate surface area is 62.7 Å².